The first-order chi connectivity index (χ1) is 8.52. The summed E-state index contributed by atoms with van der Waals surface area (Å²) < 4.78 is 0. The summed E-state index contributed by atoms with van der Waals surface area (Å²) in [5, 5.41) is 5.79. The highest BCUT2D eigenvalue weighted by Crippen LogP contribution is 2.24. The second-order valence-electron chi connectivity index (χ2n) is 3.45. The van der Waals surface area contributed by atoms with Crippen LogP contribution in [0.25, 0.3) is 0 Å². The van der Waals surface area contributed by atoms with E-state index in [4.69, 9.17) is 23.2 Å². The summed E-state index contributed by atoms with van der Waals surface area (Å²) in [5.74, 6) is -0.789. The second-order valence-corrected chi connectivity index (χ2v) is 4.26. The lowest BCUT2D eigenvalue weighted by atomic mass is 10.3. The molecule has 0 aliphatic carbocycles. The van der Waals surface area contributed by atoms with Crippen LogP contribution in [0.1, 0.15) is 6.42 Å². The fourth-order valence-corrected chi connectivity index (χ4v) is 1.47. The number of carbonyl (C=O) groups is 2. The molecule has 0 radical (unpaired) electrons. The van der Waals surface area contributed by atoms with E-state index in [2.05, 4.69) is 17.2 Å². The van der Waals surface area contributed by atoms with Crippen molar-refractivity contribution in [3.8, 4) is 0 Å². The molecule has 0 fully saturated rings. The highest BCUT2D eigenvalue weighted by Gasteiger charge is 2.09. The molecule has 6 heteroatoms. The molecule has 0 unspecified atom stereocenters. The van der Waals surface area contributed by atoms with Crippen LogP contribution < -0.4 is 10.6 Å². The van der Waals surface area contributed by atoms with Gasteiger partial charge in [-0.2, -0.15) is 0 Å². The number of anilines is 1. The predicted octanol–water partition coefficient (Wildman–Crippen LogP) is 2.62. The van der Waals surface area contributed by atoms with Crippen LogP contribution in [-0.2, 0) is 9.59 Å². The molecule has 1 aromatic carbocycles. The van der Waals surface area contributed by atoms with Crippen LogP contribution >= 0.6 is 23.2 Å². The monoisotopic (exact) mass is 286 g/mol. The van der Waals surface area contributed by atoms with Crippen LogP contribution in [0.4, 0.5) is 5.69 Å². The summed E-state index contributed by atoms with van der Waals surface area (Å²) in [4.78, 5) is 22.8. The molecule has 0 saturated carbocycles. The molecular formula is C12H12Cl2N2O2. The molecule has 0 aromatic heterocycles. The van der Waals surface area contributed by atoms with Crippen molar-refractivity contribution < 1.29 is 9.59 Å². The van der Waals surface area contributed by atoms with Gasteiger partial charge in [-0.25, -0.2) is 0 Å². The normalized spacial score (nSPS) is 9.67. The first-order valence-corrected chi connectivity index (χ1v) is 5.91. The van der Waals surface area contributed by atoms with E-state index in [1.165, 1.54) is 12.1 Å². The Kier molecular flexibility index (Phi) is 5.68. The van der Waals surface area contributed by atoms with Crippen molar-refractivity contribution in [2.75, 3.05) is 11.9 Å². The minimum absolute atomic E-state index is 0.256. The summed E-state index contributed by atoms with van der Waals surface area (Å²) in [6.07, 6.45) is 1.28. The maximum atomic E-state index is 11.5. The first-order valence-electron chi connectivity index (χ1n) is 5.15. The molecule has 0 heterocycles. The summed E-state index contributed by atoms with van der Waals surface area (Å²) in [6.45, 7) is 3.79. The van der Waals surface area contributed by atoms with E-state index >= 15 is 0 Å². The molecule has 96 valence electrons. The maximum Gasteiger partial charge on any atom is 0.233 e. The van der Waals surface area contributed by atoms with E-state index in [-0.39, 0.29) is 12.3 Å². The Morgan fingerprint density at radius 3 is 2.56 bits per heavy atom. The lowest BCUT2D eigenvalue weighted by molar-refractivity contribution is -0.126. The number of carbonyl (C=O) groups excluding carboxylic acids is 2. The Hall–Kier alpha value is -1.52. The minimum Gasteiger partial charge on any atom is -0.352 e. The lowest BCUT2D eigenvalue weighted by Crippen LogP contribution is -2.28. The van der Waals surface area contributed by atoms with Gasteiger partial charge in [-0.15, -0.1) is 6.58 Å². The summed E-state index contributed by atoms with van der Waals surface area (Å²) in [6, 6.07) is 4.69. The third kappa shape index (κ3) is 4.77. The zero-order chi connectivity index (χ0) is 13.5. The average Bonchev–Trinajstić information content (AvgIpc) is 2.31. The number of benzene rings is 1. The van der Waals surface area contributed by atoms with Gasteiger partial charge in [0.15, 0.2) is 0 Å². The zero-order valence-corrected chi connectivity index (χ0v) is 11.0. The Morgan fingerprint density at radius 2 is 1.94 bits per heavy atom. The third-order valence-corrected chi connectivity index (χ3v) is 2.71. The van der Waals surface area contributed by atoms with Crippen molar-refractivity contribution in [2.24, 2.45) is 0 Å². The number of rotatable bonds is 5. The third-order valence-electron chi connectivity index (χ3n) is 1.97. The van der Waals surface area contributed by atoms with Crippen molar-refractivity contribution in [2.45, 2.75) is 6.42 Å². The quantitative estimate of drug-likeness (QED) is 0.646. The highest BCUT2D eigenvalue weighted by molar-refractivity contribution is 6.42. The molecule has 0 saturated heterocycles. The van der Waals surface area contributed by atoms with E-state index in [0.717, 1.165) is 0 Å². The maximum absolute atomic E-state index is 11.5. The Labute approximate surface area is 115 Å². The summed E-state index contributed by atoms with van der Waals surface area (Å²) in [7, 11) is 0. The Bertz CT molecular complexity index is 475. The van der Waals surface area contributed by atoms with Crippen LogP contribution in [0.3, 0.4) is 0 Å². The van der Waals surface area contributed by atoms with E-state index in [1.807, 2.05) is 0 Å². The number of hydrogen-bond donors (Lipinski definition) is 2. The average molecular weight is 287 g/mol. The van der Waals surface area contributed by atoms with Crippen LogP contribution in [0.2, 0.25) is 10.0 Å². The van der Waals surface area contributed by atoms with Crippen molar-refractivity contribution in [3.63, 3.8) is 0 Å². The highest BCUT2D eigenvalue weighted by atomic mass is 35.5. The van der Waals surface area contributed by atoms with Crippen LogP contribution in [0.15, 0.2) is 30.9 Å². The Balaban J connectivity index is 2.51. The molecule has 2 amide bonds. The molecule has 0 bridgehead atoms. The fraction of sp³-hybridized carbons (Fsp3) is 0.167. The summed E-state index contributed by atoms with van der Waals surface area (Å²) >= 11 is 11.5. The molecule has 0 aliphatic heterocycles. The second kappa shape index (κ2) is 7.03. The van der Waals surface area contributed by atoms with E-state index in [1.54, 1.807) is 12.1 Å². The number of amides is 2. The van der Waals surface area contributed by atoms with Crippen LogP contribution in [0.5, 0.6) is 0 Å². The topological polar surface area (TPSA) is 58.2 Å². The van der Waals surface area contributed by atoms with Crippen LogP contribution in [-0.4, -0.2) is 18.4 Å². The van der Waals surface area contributed by atoms with Gasteiger partial charge in [0.05, 0.1) is 10.0 Å². The smallest absolute Gasteiger partial charge is 0.233 e. The van der Waals surface area contributed by atoms with Gasteiger partial charge in [-0.1, -0.05) is 29.3 Å². The van der Waals surface area contributed by atoms with Gasteiger partial charge in [-0.05, 0) is 18.2 Å². The first kappa shape index (κ1) is 14.5. The minimum atomic E-state index is -0.421. The van der Waals surface area contributed by atoms with Crippen LogP contribution in [0, 0.1) is 0 Å². The van der Waals surface area contributed by atoms with Gasteiger partial charge >= 0.3 is 0 Å². The van der Waals surface area contributed by atoms with Crippen molar-refractivity contribution in [1.82, 2.24) is 5.32 Å². The largest absolute Gasteiger partial charge is 0.352 e. The van der Waals surface area contributed by atoms with E-state index in [0.29, 0.717) is 22.3 Å². The van der Waals surface area contributed by atoms with Gasteiger partial charge in [0.2, 0.25) is 11.8 Å². The molecule has 2 N–H and O–H groups in total. The van der Waals surface area contributed by atoms with Gasteiger partial charge < -0.3 is 10.6 Å². The molecule has 0 spiro atoms. The van der Waals surface area contributed by atoms with Crippen molar-refractivity contribution in [1.29, 1.82) is 0 Å². The summed E-state index contributed by atoms with van der Waals surface area (Å²) in [5.41, 5.74) is 0.492. The molecule has 1 rings (SSSR count). The Morgan fingerprint density at radius 1 is 1.22 bits per heavy atom. The molecular weight excluding hydrogens is 275 g/mol. The standard InChI is InChI=1S/C12H12Cl2N2O2/c1-2-5-15-11(17)7-12(18)16-8-3-4-9(13)10(14)6-8/h2-4,6H,1,5,7H2,(H,15,17)(H,16,18). The molecule has 0 aliphatic rings. The molecule has 4 nitrogen and oxygen atoms in total. The van der Waals surface area contributed by atoms with Gasteiger partial charge in [0.25, 0.3) is 0 Å². The molecule has 0 atom stereocenters. The van der Waals surface area contributed by atoms with Crippen molar-refractivity contribution >= 4 is 40.7 Å². The number of halogens is 2. The molecule has 18 heavy (non-hydrogen) atoms. The van der Waals surface area contributed by atoms with Gasteiger partial charge in [0.1, 0.15) is 6.42 Å². The number of hydrogen-bond acceptors (Lipinski definition) is 2. The van der Waals surface area contributed by atoms with E-state index < -0.39 is 5.91 Å². The van der Waals surface area contributed by atoms with Gasteiger partial charge in [-0.3, -0.25) is 9.59 Å². The van der Waals surface area contributed by atoms with Gasteiger partial charge in [0, 0.05) is 12.2 Å². The number of nitrogens with one attached hydrogen (secondary N) is 2. The fourth-order valence-electron chi connectivity index (χ4n) is 1.17. The predicted molar refractivity (Wildman–Crippen MR) is 72.9 cm³/mol. The molecule has 1 aromatic rings. The lowest BCUT2D eigenvalue weighted by Gasteiger charge is -2.06. The van der Waals surface area contributed by atoms with Crippen molar-refractivity contribution in [3.05, 3.63) is 40.9 Å². The SMILES string of the molecule is C=CCNC(=O)CC(=O)Nc1ccc(Cl)c(Cl)c1. The van der Waals surface area contributed by atoms with E-state index in [9.17, 15) is 9.59 Å². The zero-order valence-electron chi connectivity index (χ0n) is 9.50.